The van der Waals surface area contributed by atoms with Crippen LogP contribution in [0.15, 0.2) is 12.5 Å². The fraction of sp³-hybridized carbons (Fsp3) is 0.533. The van der Waals surface area contributed by atoms with Crippen LogP contribution in [0.3, 0.4) is 0 Å². The summed E-state index contributed by atoms with van der Waals surface area (Å²) in [6.07, 6.45) is 6.46. The van der Waals surface area contributed by atoms with Crippen LogP contribution >= 0.6 is 0 Å². The lowest BCUT2D eigenvalue weighted by atomic mass is 10.1. The molecule has 2 rings (SSSR count). The minimum absolute atomic E-state index is 0.847. The maximum atomic E-state index is 4.45. The maximum Gasteiger partial charge on any atom is 0.139 e. The molecule has 0 saturated carbocycles. The van der Waals surface area contributed by atoms with Crippen molar-refractivity contribution in [3.05, 3.63) is 23.8 Å². The average Bonchev–Trinajstić information content (AvgIpc) is 2.82. The molecule has 0 aliphatic heterocycles. The summed E-state index contributed by atoms with van der Waals surface area (Å²) in [5.41, 5.74) is 3.19. The van der Waals surface area contributed by atoms with E-state index in [1.807, 2.05) is 17.9 Å². The zero-order chi connectivity index (χ0) is 15.2. The predicted molar refractivity (Wildman–Crippen MR) is 86.1 cm³/mol. The minimum Gasteiger partial charge on any atom is -0.370 e. The number of nitrogens with zero attached hydrogens (tertiary/aromatic N) is 4. The molecule has 21 heavy (non-hydrogen) atoms. The molecule has 2 heterocycles. The lowest BCUT2D eigenvalue weighted by Crippen LogP contribution is -2.08. The quantitative estimate of drug-likeness (QED) is 0.820. The molecule has 0 aromatic carbocycles. The van der Waals surface area contributed by atoms with Crippen molar-refractivity contribution >= 4 is 17.3 Å². The van der Waals surface area contributed by atoms with Gasteiger partial charge in [0.25, 0.3) is 0 Å². The minimum atomic E-state index is 0.847. The molecule has 0 bridgehead atoms. The smallest absolute Gasteiger partial charge is 0.139 e. The molecule has 0 radical (unpaired) electrons. The van der Waals surface area contributed by atoms with Gasteiger partial charge in [0, 0.05) is 25.4 Å². The second-order valence-electron chi connectivity index (χ2n) is 4.97. The van der Waals surface area contributed by atoms with Crippen LogP contribution in [0, 0.1) is 0 Å². The van der Waals surface area contributed by atoms with Crippen LogP contribution in [-0.4, -0.2) is 26.3 Å². The van der Waals surface area contributed by atoms with Crippen molar-refractivity contribution in [1.29, 1.82) is 0 Å². The SMILES string of the molecule is CCCc1c(NCC)ncnc1Nc1cn(C)nc1CC. The van der Waals surface area contributed by atoms with Crippen LogP contribution in [0.4, 0.5) is 17.3 Å². The van der Waals surface area contributed by atoms with Gasteiger partial charge in [-0.15, -0.1) is 0 Å². The number of rotatable bonds is 7. The Morgan fingerprint density at radius 1 is 1.14 bits per heavy atom. The Morgan fingerprint density at radius 2 is 1.90 bits per heavy atom. The number of nitrogens with one attached hydrogen (secondary N) is 2. The van der Waals surface area contributed by atoms with Gasteiger partial charge in [-0.05, 0) is 19.8 Å². The van der Waals surface area contributed by atoms with E-state index >= 15 is 0 Å². The summed E-state index contributed by atoms with van der Waals surface area (Å²) in [4.78, 5) is 8.77. The summed E-state index contributed by atoms with van der Waals surface area (Å²) >= 11 is 0. The van der Waals surface area contributed by atoms with Gasteiger partial charge in [-0.3, -0.25) is 4.68 Å². The van der Waals surface area contributed by atoms with E-state index in [1.54, 1.807) is 6.33 Å². The Labute approximate surface area is 126 Å². The third-order valence-corrected chi connectivity index (χ3v) is 3.28. The van der Waals surface area contributed by atoms with Crippen molar-refractivity contribution in [2.24, 2.45) is 7.05 Å². The van der Waals surface area contributed by atoms with Crippen LogP contribution < -0.4 is 10.6 Å². The first-order chi connectivity index (χ1) is 10.2. The van der Waals surface area contributed by atoms with Crippen LogP contribution in [0.2, 0.25) is 0 Å². The molecule has 0 amide bonds. The van der Waals surface area contributed by atoms with Crippen molar-refractivity contribution in [1.82, 2.24) is 19.7 Å². The highest BCUT2D eigenvalue weighted by Gasteiger charge is 2.13. The molecule has 2 N–H and O–H groups in total. The third-order valence-electron chi connectivity index (χ3n) is 3.28. The first kappa shape index (κ1) is 15.3. The van der Waals surface area contributed by atoms with Gasteiger partial charge in [0.15, 0.2) is 0 Å². The van der Waals surface area contributed by atoms with E-state index in [2.05, 4.69) is 46.5 Å². The lowest BCUT2D eigenvalue weighted by Gasteiger charge is -2.14. The van der Waals surface area contributed by atoms with Crippen molar-refractivity contribution in [2.75, 3.05) is 17.2 Å². The molecule has 6 nitrogen and oxygen atoms in total. The van der Waals surface area contributed by atoms with Gasteiger partial charge in [-0.25, -0.2) is 9.97 Å². The van der Waals surface area contributed by atoms with Crippen molar-refractivity contribution < 1.29 is 0 Å². The summed E-state index contributed by atoms with van der Waals surface area (Å²) in [6, 6.07) is 0. The van der Waals surface area contributed by atoms with Gasteiger partial charge in [0.1, 0.15) is 18.0 Å². The summed E-state index contributed by atoms with van der Waals surface area (Å²) in [5.74, 6) is 1.78. The van der Waals surface area contributed by atoms with Crippen LogP contribution in [0.1, 0.15) is 38.4 Å². The lowest BCUT2D eigenvalue weighted by molar-refractivity contribution is 0.746. The van der Waals surface area contributed by atoms with Crippen LogP contribution in [-0.2, 0) is 19.9 Å². The van der Waals surface area contributed by atoms with E-state index in [9.17, 15) is 0 Å². The van der Waals surface area contributed by atoms with Crippen molar-refractivity contribution in [2.45, 2.75) is 40.0 Å². The zero-order valence-corrected chi connectivity index (χ0v) is 13.3. The van der Waals surface area contributed by atoms with E-state index in [4.69, 9.17) is 0 Å². The normalized spacial score (nSPS) is 10.7. The Balaban J connectivity index is 2.36. The molecule has 6 heteroatoms. The zero-order valence-electron chi connectivity index (χ0n) is 13.3. The number of aryl methyl sites for hydroxylation is 2. The van der Waals surface area contributed by atoms with Crippen molar-refractivity contribution in [3.8, 4) is 0 Å². The first-order valence-electron chi connectivity index (χ1n) is 7.56. The first-order valence-corrected chi connectivity index (χ1v) is 7.56. The number of aromatic nitrogens is 4. The van der Waals surface area contributed by atoms with Crippen molar-refractivity contribution in [3.63, 3.8) is 0 Å². The van der Waals surface area contributed by atoms with Gasteiger partial charge in [0.05, 0.1) is 11.4 Å². The molecule has 0 atom stereocenters. The molecule has 0 aliphatic carbocycles. The fourth-order valence-electron chi connectivity index (χ4n) is 2.35. The average molecular weight is 288 g/mol. The highest BCUT2D eigenvalue weighted by Crippen LogP contribution is 2.26. The van der Waals surface area contributed by atoms with Gasteiger partial charge in [-0.2, -0.15) is 5.10 Å². The molecule has 114 valence electrons. The highest BCUT2D eigenvalue weighted by molar-refractivity contribution is 5.65. The van der Waals surface area contributed by atoms with E-state index in [1.165, 1.54) is 0 Å². The summed E-state index contributed by atoms with van der Waals surface area (Å²) in [5, 5.41) is 11.2. The Bertz CT molecular complexity index is 590. The standard InChI is InChI=1S/C15H24N6/c1-5-8-11-14(16-7-3)17-10-18-15(11)19-13-9-21(4)20-12(13)6-2/h9-10H,5-8H2,1-4H3,(H2,16,17,18,19). The number of hydrogen-bond acceptors (Lipinski definition) is 5. The van der Waals surface area contributed by atoms with E-state index in [-0.39, 0.29) is 0 Å². The second kappa shape index (κ2) is 7.06. The molecular weight excluding hydrogens is 264 g/mol. The van der Waals surface area contributed by atoms with Gasteiger partial charge >= 0.3 is 0 Å². The summed E-state index contributed by atoms with van der Waals surface area (Å²) in [6.45, 7) is 7.18. The molecule has 2 aromatic heterocycles. The predicted octanol–water partition coefficient (Wildman–Crippen LogP) is 2.90. The molecule has 0 fully saturated rings. The van der Waals surface area contributed by atoms with Gasteiger partial charge in [0.2, 0.25) is 0 Å². The van der Waals surface area contributed by atoms with Gasteiger partial charge in [-0.1, -0.05) is 20.3 Å². The molecule has 0 saturated heterocycles. The second-order valence-corrected chi connectivity index (χ2v) is 4.97. The molecule has 0 aliphatic rings. The maximum absolute atomic E-state index is 4.45. The van der Waals surface area contributed by atoms with E-state index < -0.39 is 0 Å². The molecule has 2 aromatic rings. The monoisotopic (exact) mass is 288 g/mol. The topological polar surface area (TPSA) is 67.7 Å². The number of hydrogen-bond donors (Lipinski definition) is 2. The Kier molecular flexibility index (Phi) is 5.14. The molecule has 0 spiro atoms. The third kappa shape index (κ3) is 3.51. The largest absolute Gasteiger partial charge is 0.370 e. The van der Waals surface area contributed by atoms with E-state index in [0.29, 0.717) is 0 Å². The molecule has 0 unspecified atom stereocenters. The molecular formula is C15H24N6. The fourth-order valence-corrected chi connectivity index (χ4v) is 2.35. The van der Waals surface area contributed by atoms with Gasteiger partial charge < -0.3 is 10.6 Å². The summed E-state index contributed by atoms with van der Waals surface area (Å²) < 4.78 is 1.83. The Morgan fingerprint density at radius 3 is 2.57 bits per heavy atom. The van der Waals surface area contributed by atoms with Crippen LogP contribution in [0.25, 0.3) is 0 Å². The number of anilines is 3. The Hall–Kier alpha value is -2.11. The summed E-state index contributed by atoms with van der Waals surface area (Å²) in [7, 11) is 1.93. The highest BCUT2D eigenvalue weighted by atomic mass is 15.3. The van der Waals surface area contributed by atoms with Crippen LogP contribution in [0.5, 0.6) is 0 Å². The van der Waals surface area contributed by atoms with E-state index in [0.717, 1.165) is 54.4 Å².